The Labute approximate surface area is 130 Å². The van der Waals surface area contributed by atoms with Crippen LogP contribution in [-0.4, -0.2) is 23.0 Å². The fraction of sp³-hybridized carbons (Fsp3) is 0.267. The van der Waals surface area contributed by atoms with Gasteiger partial charge in [-0.3, -0.25) is 4.79 Å². The molecule has 23 heavy (non-hydrogen) atoms. The smallest absolute Gasteiger partial charge is 0.416 e. The summed E-state index contributed by atoms with van der Waals surface area (Å²) in [5, 5.41) is 2.60. The number of anilines is 1. The van der Waals surface area contributed by atoms with E-state index in [4.69, 9.17) is 4.74 Å². The quantitative estimate of drug-likeness (QED) is 0.940. The van der Waals surface area contributed by atoms with Gasteiger partial charge in [-0.2, -0.15) is 23.1 Å². The number of hydrogen-bond acceptors (Lipinski definition) is 4. The fourth-order valence-corrected chi connectivity index (χ4v) is 1.95. The van der Waals surface area contributed by atoms with Crippen LogP contribution in [0.3, 0.4) is 0 Å². The molecule has 0 aliphatic heterocycles. The highest BCUT2D eigenvalue weighted by Gasteiger charge is 2.30. The van der Waals surface area contributed by atoms with Crippen LogP contribution in [0.4, 0.5) is 18.9 Å². The maximum Gasteiger partial charge on any atom is 0.416 e. The highest BCUT2D eigenvalue weighted by molar-refractivity contribution is 6.04. The van der Waals surface area contributed by atoms with Crippen LogP contribution in [0.15, 0.2) is 24.3 Å². The number of aromatic nitrogens is 2. The van der Waals surface area contributed by atoms with E-state index in [1.165, 1.54) is 7.11 Å². The van der Waals surface area contributed by atoms with Gasteiger partial charge in [-0.15, -0.1) is 0 Å². The first-order chi connectivity index (χ1) is 10.7. The summed E-state index contributed by atoms with van der Waals surface area (Å²) in [6.45, 7) is 3.33. The highest BCUT2D eigenvalue weighted by Crippen LogP contribution is 2.29. The lowest BCUT2D eigenvalue weighted by Crippen LogP contribution is -2.16. The molecule has 0 radical (unpaired) electrons. The number of carbonyl (C=O) groups excluding carboxylic acids is 1. The molecule has 0 fully saturated rings. The molecule has 0 saturated carbocycles. The average molecular weight is 325 g/mol. The van der Waals surface area contributed by atoms with Gasteiger partial charge in [0.1, 0.15) is 0 Å². The summed E-state index contributed by atoms with van der Waals surface area (Å²) >= 11 is 0. The summed E-state index contributed by atoms with van der Waals surface area (Å²) in [6.07, 6.45) is -4.44. The molecule has 0 bridgehead atoms. The Morgan fingerprint density at radius 2 is 1.61 bits per heavy atom. The van der Waals surface area contributed by atoms with E-state index in [0.717, 1.165) is 24.3 Å². The predicted molar refractivity (Wildman–Crippen MR) is 77.5 cm³/mol. The van der Waals surface area contributed by atoms with E-state index >= 15 is 0 Å². The van der Waals surface area contributed by atoms with E-state index in [1.807, 2.05) is 0 Å². The van der Waals surface area contributed by atoms with Crippen LogP contribution in [0.1, 0.15) is 27.3 Å². The molecule has 2 aromatic rings. The van der Waals surface area contributed by atoms with Gasteiger partial charge in [0.05, 0.1) is 29.7 Å². The zero-order valence-corrected chi connectivity index (χ0v) is 12.7. The number of nitrogens with zero attached hydrogens (tertiary/aromatic N) is 2. The minimum Gasteiger partial charge on any atom is -0.467 e. The fourth-order valence-electron chi connectivity index (χ4n) is 1.95. The average Bonchev–Trinajstić information content (AvgIpc) is 2.49. The summed E-state index contributed by atoms with van der Waals surface area (Å²) in [6, 6.07) is 4.13. The lowest BCUT2D eigenvalue weighted by atomic mass is 10.1. The zero-order valence-electron chi connectivity index (χ0n) is 12.7. The Bertz CT molecular complexity index is 705. The van der Waals surface area contributed by atoms with Crippen molar-refractivity contribution in [2.45, 2.75) is 20.0 Å². The van der Waals surface area contributed by atoms with Gasteiger partial charge in [-0.05, 0) is 38.1 Å². The molecule has 2 rings (SSSR count). The van der Waals surface area contributed by atoms with E-state index in [2.05, 4.69) is 15.3 Å². The molecule has 8 heteroatoms. The summed E-state index contributed by atoms with van der Waals surface area (Å²) in [4.78, 5) is 20.3. The molecule has 1 heterocycles. The molecule has 0 unspecified atom stereocenters. The predicted octanol–water partition coefficient (Wildman–Crippen LogP) is 3.37. The molecule has 5 nitrogen and oxygen atoms in total. The number of rotatable bonds is 3. The Morgan fingerprint density at radius 1 is 1.09 bits per heavy atom. The molecule has 0 aliphatic carbocycles. The molecule has 122 valence electrons. The monoisotopic (exact) mass is 325 g/mol. The lowest BCUT2D eigenvalue weighted by Gasteiger charge is -2.12. The summed E-state index contributed by atoms with van der Waals surface area (Å²) < 4.78 is 42.5. The van der Waals surface area contributed by atoms with E-state index < -0.39 is 17.6 Å². The number of halogens is 3. The van der Waals surface area contributed by atoms with Crippen LogP contribution in [0.25, 0.3) is 0 Å². The molecule has 0 aliphatic rings. The van der Waals surface area contributed by atoms with Gasteiger partial charge >= 0.3 is 12.2 Å². The molecule has 1 aromatic carbocycles. The SMILES string of the molecule is COc1nc(C)c(NC(=O)c2ccc(C(F)(F)F)cc2)c(C)n1. The Balaban J connectivity index is 2.23. The molecule has 1 N–H and O–H groups in total. The highest BCUT2D eigenvalue weighted by atomic mass is 19.4. The molecule has 0 spiro atoms. The number of amides is 1. The first kappa shape index (κ1) is 16.7. The van der Waals surface area contributed by atoms with Crippen molar-refractivity contribution in [3.63, 3.8) is 0 Å². The van der Waals surface area contributed by atoms with Gasteiger partial charge in [-0.25, -0.2) is 0 Å². The second-order valence-electron chi connectivity index (χ2n) is 4.79. The molecule has 1 aromatic heterocycles. The molecule has 0 saturated heterocycles. The van der Waals surface area contributed by atoms with Gasteiger partial charge in [0.25, 0.3) is 5.91 Å². The minimum atomic E-state index is -4.44. The standard InChI is InChI=1S/C15H14F3N3O2/c1-8-12(9(2)20-14(19-8)23-3)21-13(22)10-4-6-11(7-5-10)15(16,17)18/h4-7H,1-3H3,(H,21,22). The lowest BCUT2D eigenvalue weighted by molar-refractivity contribution is -0.137. The minimum absolute atomic E-state index is 0.104. The summed E-state index contributed by atoms with van der Waals surface area (Å²) in [5.74, 6) is -0.543. The second kappa shape index (κ2) is 6.23. The van der Waals surface area contributed by atoms with Crippen molar-refractivity contribution in [1.29, 1.82) is 0 Å². The van der Waals surface area contributed by atoms with Crippen molar-refractivity contribution in [3.05, 3.63) is 46.8 Å². The van der Waals surface area contributed by atoms with Crippen molar-refractivity contribution in [2.75, 3.05) is 12.4 Å². The number of carbonyl (C=O) groups is 1. The number of benzene rings is 1. The number of nitrogens with one attached hydrogen (secondary N) is 1. The van der Waals surface area contributed by atoms with E-state index in [-0.39, 0.29) is 11.6 Å². The third-order valence-corrected chi connectivity index (χ3v) is 3.15. The van der Waals surface area contributed by atoms with Crippen molar-refractivity contribution >= 4 is 11.6 Å². The third kappa shape index (κ3) is 3.77. The van der Waals surface area contributed by atoms with Crippen molar-refractivity contribution in [3.8, 4) is 6.01 Å². The topological polar surface area (TPSA) is 64.1 Å². The van der Waals surface area contributed by atoms with Crippen LogP contribution in [0.2, 0.25) is 0 Å². The van der Waals surface area contributed by atoms with Crippen LogP contribution >= 0.6 is 0 Å². The zero-order chi connectivity index (χ0) is 17.2. The molecule has 0 atom stereocenters. The van der Waals surface area contributed by atoms with Gasteiger partial charge in [0, 0.05) is 5.56 Å². The van der Waals surface area contributed by atoms with Crippen LogP contribution < -0.4 is 10.1 Å². The van der Waals surface area contributed by atoms with Crippen molar-refractivity contribution < 1.29 is 22.7 Å². The second-order valence-corrected chi connectivity index (χ2v) is 4.79. The number of alkyl halides is 3. The Morgan fingerprint density at radius 3 is 2.04 bits per heavy atom. The molecular weight excluding hydrogens is 311 g/mol. The Hall–Kier alpha value is -2.64. The number of hydrogen-bond donors (Lipinski definition) is 1. The Kier molecular flexibility index (Phi) is 4.53. The third-order valence-electron chi connectivity index (χ3n) is 3.15. The van der Waals surface area contributed by atoms with E-state index in [1.54, 1.807) is 13.8 Å². The summed E-state index contributed by atoms with van der Waals surface area (Å²) in [7, 11) is 1.43. The normalized spacial score (nSPS) is 11.2. The maximum absolute atomic E-state index is 12.5. The summed E-state index contributed by atoms with van der Waals surface area (Å²) in [5.41, 5.74) is 0.682. The van der Waals surface area contributed by atoms with E-state index in [9.17, 15) is 18.0 Å². The van der Waals surface area contributed by atoms with Crippen molar-refractivity contribution in [1.82, 2.24) is 9.97 Å². The maximum atomic E-state index is 12.5. The van der Waals surface area contributed by atoms with E-state index in [0.29, 0.717) is 17.1 Å². The van der Waals surface area contributed by atoms with Crippen LogP contribution in [0, 0.1) is 13.8 Å². The molecular formula is C15H14F3N3O2. The van der Waals surface area contributed by atoms with Gasteiger partial charge in [0.15, 0.2) is 0 Å². The molecule has 1 amide bonds. The van der Waals surface area contributed by atoms with Crippen LogP contribution in [-0.2, 0) is 6.18 Å². The number of methoxy groups -OCH3 is 1. The first-order valence-corrected chi connectivity index (χ1v) is 6.60. The largest absolute Gasteiger partial charge is 0.467 e. The van der Waals surface area contributed by atoms with Crippen LogP contribution in [0.5, 0.6) is 6.01 Å². The first-order valence-electron chi connectivity index (χ1n) is 6.60. The number of ether oxygens (including phenoxy) is 1. The number of aryl methyl sites for hydroxylation is 2. The van der Waals surface area contributed by atoms with Crippen molar-refractivity contribution in [2.24, 2.45) is 0 Å². The van der Waals surface area contributed by atoms with Gasteiger partial charge < -0.3 is 10.1 Å². The van der Waals surface area contributed by atoms with Gasteiger partial charge in [0.2, 0.25) is 0 Å². The van der Waals surface area contributed by atoms with Gasteiger partial charge in [-0.1, -0.05) is 0 Å².